The molecule has 11 nitrogen and oxygen atoms in total. The number of amides is 2. The van der Waals surface area contributed by atoms with Crippen LogP contribution in [0.4, 0.5) is 9.80 Å². The van der Waals surface area contributed by atoms with Crippen molar-refractivity contribution in [3.05, 3.63) is 45.8 Å². The average molecular weight is 538 g/mol. The van der Waals surface area contributed by atoms with Crippen molar-refractivity contribution < 1.29 is 37.0 Å². The highest BCUT2D eigenvalue weighted by Crippen LogP contribution is 2.38. The maximum Gasteiger partial charge on any atom is 0.410 e. The average Bonchev–Trinajstić information content (AvgIpc) is 3.25. The summed E-state index contributed by atoms with van der Waals surface area (Å²) in [6.45, 7) is 3.84. The highest BCUT2D eigenvalue weighted by Gasteiger charge is 2.32. The van der Waals surface area contributed by atoms with Gasteiger partial charge in [-0.2, -0.15) is 4.31 Å². The number of morpholine rings is 1. The number of fused-ring (bicyclic) bond motifs is 1. The topological polar surface area (TPSA) is 132 Å². The van der Waals surface area contributed by atoms with Gasteiger partial charge in [0.1, 0.15) is 5.00 Å². The first kappa shape index (κ1) is 26.1. The normalized spacial score (nSPS) is 16.2. The summed E-state index contributed by atoms with van der Waals surface area (Å²) in [7, 11) is -2.42. The van der Waals surface area contributed by atoms with Gasteiger partial charge in [0.2, 0.25) is 10.0 Å². The van der Waals surface area contributed by atoms with Gasteiger partial charge in [-0.25, -0.2) is 18.0 Å². The standard InChI is InChI=1S/C23H27N3O8S2/c1-3-34-23(29)25-9-8-17-18(14-25)35-21(19(17)22(28)32-2)24-20(27)15-4-6-16(7-5-15)36(30,31)26-10-12-33-13-11-26/h4-7H,3,8-14H2,1-2H3,(H,24,27). The lowest BCUT2D eigenvalue weighted by molar-refractivity contribution is 0.0600. The van der Waals surface area contributed by atoms with E-state index in [0.717, 1.165) is 10.4 Å². The zero-order chi connectivity index (χ0) is 25.9. The number of nitrogens with zero attached hydrogens (tertiary/aromatic N) is 2. The van der Waals surface area contributed by atoms with Gasteiger partial charge in [-0.15, -0.1) is 11.3 Å². The van der Waals surface area contributed by atoms with Crippen molar-refractivity contribution in [1.82, 2.24) is 9.21 Å². The number of esters is 1. The van der Waals surface area contributed by atoms with Crippen LogP contribution in [-0.4, -0.2) is 82.2 Å². The molecule has 0 atom stereocenters. The molecule has 2 aliphatic rings. The number of nitrogens with one attached hydrogen (secondary N) is 1. The largest absolute Gasteiger partial charge is 0.465 e. The number of rotatable bonds is 6. The minimum Gasteiger partial charge on any atom is -0.465 e. The van der Waals surface area contributed by atoms with E-state index >= 15 is 0 Å². The summed E-state index contributed by atoms with van der Waals surface area (Å²) in [5, 5.41) is 3.07. The number of benzene rings is 1. The van der Waals surface area contributed by atoms with Crippen LogP contribution in [0.25, 0.3) is 0 Å². The van der Waals surface area contributed by atoms with Crippen LogP contribution in [0.1, 0.15) is 38.1 Å². The molecule has 1 fully saturated rings. The second kappa shape index (κ2) is 10.9. The number of hydrogen-bond acceptors (Lipinski definition) is 9. The van der Waals surface area contributed by atoms with E-state index in [-0.39, 0.29) is 42.3 Å². The quantitative estimate of drug-likeness (QED) is 0.556. The highest BCUT2D eigenvalue weighted by atomic mass is 32.2. The molecule has 1 N–H and O–H groups in total. The van der Waals surface area contributed by atoms with Crippen LogP contribution in [0.3, 0.4) is 0 Å². The number of anilines is 1. The first-order chi connectivity index (χ1) is 17.3. The predicted octanol–water partition coefficient (Wildman–Crippen LogP) is 2.32. The van der Waals surface area contributed by atoms with Gasteiger partial charge in [0.05, 0.1) is 43.9 Å². The van der Waals surface area contributed by atoms with Crippen molar-refractivity contribution in [3.8, 4) is 0 Å². The first-order valence-electron chi connectivity index (χ1n) is 11.4. The van der Waals surface area contributed by atoms with Crippen LogP contribution >= 0.6 is 11.3 Å². The van der Waals surface area contributed by atoms with Gasteiger partial charge in [0.25, 0.3) is 5.91 Å². The van der Waals surface area contributed by atoms with Crippen LogP contribution in [0.5, 0.6) is 0 Å². The monoisotopic (exact) mass is 537 g/mol. The third-order valence-electron chi connectivity index (χ3n) is 5.92. The summed E-state index contributed by atoms with van der Waals surface area (Å²) in [5.74, 6) is -1.09. The molecule has 0 spiro atoms. The van der Waals surface area contributed by atoms with Crippen molar-refractivity contribution in [2.75, 3.05) is 51.9 Å². The van der Waals surface area contributed by atoms with Crippen LogP contribution in [0, 0.1) is 0 Å². The maximum absolute atomic E-state index is 13.0. The van der Waals surface area contributed by atoms with E-state index in [2.05, 4.69) is 5.32 Å². The van der Waals surface area contributed by atoms with Crippen LogP contribution < -0.4 is 5.32 Å². The summed E-state index contributed by atoms with van der Waals surface area (Å²) in [6, 6.07) is 5.63. The lowest BCUT2D eigenvalue weighted by atomic mass is 10.0. The molecule has 1 aromatic heterocycles. The van der Waals surface area contributed by atoms with E-state index in [1.807, 2.05) is 0 Å². The van der Waals surface area contributed by atoms with Crippen LogP contribution in [-0.2, 0) is 37.2 Å². The molecule has 4 rings (SSSR count). The van der Waals surface area contributed by atoms with Crippen molar-refractivity contribution >= 4 is 44.3 Å². The summed E-state index contributed by atoms with van der Waals surface area (Å²) in [6.07, 6.45) is -0.0205. The van der Waals surface area contributed by atoms with Crippen molar-refractivity contribution in [2.24, 2.45) is 0 Å². The van der Waals surface area contributed by atoms with E-state index in [1.54, 1.807) is 11.8 Å². The van der Waals surface area contributed by atoms with Gasteiger partial charge < -0.3 is 24.4 Å². The molecule has 1 saturated heterocycles. The summed E-state index contributed by atoms with van der Waals surface area (Å²) >= 11 is 1.20. The summed E-state index contributed by atoms with van der Waals surface area (Å²) in [5.41, 5.74) is 1.22. The molecular weight excluding hydrogens is 510 g/mol. The Balaban J connectivity index is 1.54. The van der Waals surface area contributed by atoms with E-state index in [1.165, 1.54) is 47.0 Å². The number of ether oxygens (including phenoxy) is 3. The molecule has 0 bridgehead atoms. The molecule has 0 radical (unpaired) electrons. The SMILES string of the molecule is CCOC(=O)N1CCc2c(sc(NC(=O)c3ccc(S(=O)(=O)N4CCOCC4)cc3)c2C(=O)OC)C1. The fraction of sp³-hybridized carbons (Fsp3) is 0.435. The van der Waals surface area contributed by atoms with E-state index in [4.69, 9.17) is 14.2 Å². The molecule has 2 amide bonds. The predicted molar refractivity (Wildman–Crippen MR) is 131 cm³/mol. The van der Waals surface area contributed by atoms with Gasteiger partial charge in [0, 0.05) is 30.1 Å². The molecule has 194 valence electrons. The molecule has 0 unspecified atom stereocenters. The lowest BCUT2D eigenvalue weighted by Gasteiger charge is -2.26. The first-order valence-corrected chi connectivity index (χ1v) is 13.7. The molecule has 2 aliphatic heterocycles. The van der Waals surface area contributed by atoms with E-state index in [9.17, 15) is 22.8 Å². The fourth-order valence-corrected chi connectivity index (χ4v) is 6.72. The van der Waals surface area contributed by atoms with Gasteiger partial charge in [-0.05, 0) is 43.2 Å². The Labute approximate surface area is 213 Å². The molecule has 0 aliphatic carbocycles. The zero-order valence-electron chi connectivity index (χ0n) is 19.9. The van der Waals surface area contributed by atoms with Crippen LogP contribution in [0.2, 0.25) is 0 Å². The number of carbonyl (C=O) groups is 3. The number of carbonyl (C=O) groups excluding carboxylic acids is 3. The Hall–Kier alpha value is -3.00. The molecule has 1 aromatic carbocycles. The lowest BCUT2D eigenvalue weighted by Crippen LogP contribution is -2.40. The number of sulfonamides is 1. The van der Waals surface area contributed by atoms with Gasteiger partial charge >= 0.3 is 12.1 Å². The Morgan fingerprint density at radius 3 is 2.44 bits per heavy atom. The van der Waals surface area contributed by atoms with Gasteiger partial charge in [-0.3, -0.25) is 4.79 Å². The second-order valence-electron chi connectivity index (χ2n) is 8.06. The number of thiophene rings is 1. The Morgan fingerprint density at radius 2 is 1.81 bits per heavy atom. The summed E-state index contributed by atoms with van der Waals surface area (Å²) in [4.78, 5) is 40.1. The highest BCUT2D eigenvalue weighted by molar-refractivity contribution is 7.89. The number of hydrogen-bond donors (Lipinski definition) is 1. The smallest absolute Gasteiger partial charge is 0.410 e. The molecule has 36 heavy (non-hydrogen) atoms. The fourth-order valence-electron chi connectivity index (χ4n) is 4.07. The maximum atomic E-state index is 13.0. The minimum atomic E-state index is -3.68. The van der Waals surface area contributed by atoms with Crippen molar-refractivity contribution in [3.63, 3.8) is 0 Å². The van der Waals surface area contributed by atoms with Crippen molar-refractivity contribution in [2.45, 2.75) is 24.8 Å². The number of methoxy groups -OCH3 is 1. The second-order valence-corrected chi connectivity index (χ2v) is 11.1. The molecule has 13 heteroatoms. The summed E-state index contributed by atoms with van der Waals surface area (Å²) < 4.78 is 42.2. The van der Waals surface area contributed by atoms with Crippen molar-refractivity contribution in [1.29, 1.82) is 0 Å². The van der Waals surface area contributed by atoms with Gasteiger partial charge in [0.15, 0.2) is 0 Å². The minimum absolute atomic E-state index is 0.0850. The third kappa shape index (κ3) is 5.24. The molecule has 0 saturated carbocycles. The molecular formula is C23H27N3O8S2. The zero-order valence-corrected chi connectivity index (χ0v) is 21.6. The Morgan fingerprint density at radius 1 is 1.11 bits per heavy atom. The Bertz CT molecular complexity index is 1250. The Kier molecular flexibility index (Phi) is 7.93. The van der Waals surface area contributed by atoms with Gasteiger partial charge in [-0.1, -0.05) is 0 Å². The third-order valence-corrected chi connectivity index (χ3v) is 8.97. The van der Waals surface area contributed by atoms with Crippen LogP contribution in [0.15, 0.2) is 29.2 Å². The molecule has 3 heterocycles. The molecule has 2 aromatic rings. The van der Waals surface area contributed by atoms with E-state index < -0.39 is 28.0 Å². The van der Waals surface area contributed by atoms with E-state index in [0.29, 0.717) is 31.2 Å².